The normalized spacial score (nSPS) is 18.8. The van der Waals surface area contributed by atoms with E-state index >= 15 is 0 Å². The molecule has 88 valence electrons. The van der Waals surface area contributed by atoms with Crippen LogP contribution in [0.4, 0.5) is 10.7 Å². The van der Waals surface area contributed by atoms with Crippen molar-refractivity contribution >= 4 is 12.0 Å². The van der Waals surface area contributed by atoms with Crippen molar-refractivity contribution in [2.45, 2.75) is 12.5 Å². The molecule has 1 saturated heterocycles. The smallest absolute Gasteiger partial charge is 0.407 e. The summed E-state index contributed by atoms with van der Waals surface area (Å²) in [7, 11) is 0. The number of carbonyl (C=O) groups is 1. The number of nitrogens with one attached hydrogen (secondary N) is 1. The van der Waals surface area contributed by atoms with Crippen LogP contribution in [0.15, 0.2) is 12.4 Å². The van der Waals surface area contributed by atoms with Crippen molar-refractivity contribution in [3.63, 3.8) is 0 Å². The number of likely N-dealkylation sites (tertiary alicyclic amines) is 1. The van der Waals surface area contributed by atoms with Crippen molar-refractivity contribution in [1.29, 1.82) is 5.26 Å². The maximum absolute atomic E-state index is 10.7. The lowest BCUT2D eigenvalue weighted by Gasteiger charge is -2.13. The van der Waals surface area contributed by atoms with E-state index in [0.29, 0.717) is 24.6 Å². The van der Waals surface area contributed by atoms with E-state index in [-0.39, 0.29) is 6.04 Å². The number of nitrogens with zero attached hydrogens (tertiary/aromatic N) is 4. The maximum atomic E-state index is 10.7. The molecule has 1 aromatic rings. The van der Waals surface area contributed by atoms with Gasteiger partial charge in [-0.1, -0.05) is 0 Å². The maximum Gasteiger partial charge on any atom is 0.407 e. The summed E-state index contributed by atoms with van der Waals surface area (Å²) in [4.78, 5) is 20.0. The number of aromatic nitrogens is 2. The summed E-state index contributed by atoms with van der Waals surface area (Å²) in [5, 5.41) is 20.4. The number of hydrogen-bond donors (Lipinski definition) is 2. The third-order valence-corrected chi connectivity index (χ3v) is 2.57. The summed E-state index contributed by atoms with van der Waals surface area (Å²) >= 11 is 0. The van der Waals surface area contributed by atoms with Gasteiger partial charge >= 0.3 is 6.09 Å². The molecule has 2 N–H and O–H groups in total. The topological polar surface area (TPSA) is 102 Å². The molecule has 0 spiro atoms. The van der Waals surface area contributed by atoms with Gasteiger partial charge in [0.15, 0.2) is 0 Å². The van der Waals surface area contributed by atoms with Crippen LogP contribution in [0.5, 0.6) is 0 Å². The van der Waals surface area contributed by atoms with E-state index in [1.54, 1.807) is 0 Å². The Balaban J connectivity index is 1.94. The fourth-order valence-corrected chi connectivity index (χ4v) is 1.69. The van der Waals surface area contributed by atoms with Crippen LogP contribution < -0.4 is 5.32 Å². The minimum absolute atomic E-state index is 0.0269. The van der Waals surface area contributed by atoms with E-state index in [1.165, 1.54) is 17.3 Å². The Morgan fingerprint density at radius 1 is 1.59 bits per heavy atom. The highest BCUT2D eigenvalue weighted by Crippen LogP contribution is 2.13. The Bertz CT molecular complexity index is 453. The summed E-state index contributed by atoms with van der Waals surface area (Å²) in [5.74, 6) is 0.418. The minimum atomic E-state index is -0.907. The molecule has 17 heavy (non-hydrogen) atoms. The highest BCUT2D eigenvalue weighted by atomic mass is 16.4. The third kappa shape index (κ3) is 2.60. The number of amides is 1. The molecule has 0 bridgehead atoms. The van der Waals surface area contributed by atoms with E-state index in [1.807, 2.05) is 6.07 Å². The molecule has 7 heteroatoms. The number of nitriles is 1. The monoisotopic (exact) mass is 233 g/mol. The molecule has 0 saturated carbocycles. The van der Waals surface area contributed by atoms with Crippen LogP contribution in [0.2, 0.25) is 0 Å². The fourth-order valence-electron chi connectivity index (χ4n) is 1.69. The molecule has 1 aromatic heterocycles. The first-order valence-electron chi connectivity index (χ1n) is 5.15. The van der Waals surface area contributed by atoms with Crippen LogP contribution in [0.25, 0.3) is 0 Å². The van der Waals surface area contributed by atoms with Crippen molar-refractivity contribution in [1.82, 2.24) is 14.9 Å². The van der Waals surface area contributed by atoms with Gasteiger partial charge in [-0.05, 0) is 6.42 Å². The van der Waals surface area contributed by atoms with Gasteiger partial charge in [0.25, 0.3) is 0 Å². The molecule has 0 unspecified atom stereocenters. The highest BCUT2D eigenvalue weighted by Gasteiger charge is 2.26. The van der Waals surface area contributed by atoms with E-state index < -0.39 is 6.09 Å². The van der Waals surface area contributed by atoms with Crippen molar-refractivity contribution in [3.05, 3.63) is 18.0 Å². The molecule has 1 aliphatic rings. The summed E-state index contributed by atoms with van der Waals surface area (Å²) in [5.41, 5.74) is 0.397. The van der Waals surface area contributed by atoms with Crippen molar-refractivity contribution in [2.75, 3.05) is 18.4 Å². The zero-order valence-electron chi connectivity index (χ0n) is 9.00. The van der Waals surface area contributed by atoms with Crippen LogP contribution in [-0.4, -0.2) is 45.2 Å². The molecular formula is C10H11N5O2. The Kier molecular flexibility index (Phi) is 3.05. The van der Waals surface area contributed by atoms with E-state index in [0.717, 1.165) is 6.42 Å². The summed E-state index contributed by atoms with van der Waals surface area (Å²) in [6.07, 6.45) is 2.68. The predicted molar refractivity (Wildman–Crippen MR) is 58.4 cm³/mol. The molecule has 2 rings (SSSR count). The molecule has 2 heterocycles. The Hall–Kier alpha value is -2.36. The van der Waals surface area contributed by atoms with E-state index in [4.69, 9.17) is 10.4 Å². The highest BCUT2D eigenvalue weighted by molar-refractivity contribution is 5.65. The van der Waals surface area contributed by atoms with Gasteiger partial charge in [0.05, 0.1) is 18.0 Å². The van der Waals surface area contributed by atoms with Gasteiger partial charge in [-0.3, -0.25) is 0 Å². The lowest BCUT2D eigenvalue weighted by Crippen LogP contribution is -2.30. The lowest BCUT2D eigenvalue weighted by molar-refractivity contribution is 0.155. The second kappa shape index (κ2) is 4.65. The first-order chi connectivity index (χ1) is 8.19. The molecular weight excluding hydrogens is 222 g/mol. The minimum Gasteiger partial charge on any atom is -0.465 e. The SMILES string of the molecule is N#Cc1cnc(N[C@@H]2CCN(C(=O)O)C2)nc1. The van der Waals surface area contributed by atoms with Gasteiger partial charge in [0.1, 0.15) is 6.07 Å². The quantitative estimate of drug-likeness (QED) is 0.771. The second-order valence-electron chi connectivity index (χ2n) is 3.77. The van der Waals surface area contributed by atoms with Crippen LogP contribution >= 0.6 is 0 Å². The average Bonchev–Trinajstić information content (AvgIpc) is 2.79. The molecule has 1 amide bonds. The molecule has 0 aromatic carbocycles. The standard InChI is InChI=1S/C10H11N5O2/c11-3-7-4-12-9(13-5-7)14-8-1-2-15(6-8)10(16)17/h4-5,8H,1-2,6H2,(H,16,17)(H,12,13,14)/t8-/m1/s1. The van der Waals surface area contributed by atoms with Gasteiger partial charge < -0.3 is 15.3 Å². The lowest BCUT2D eigenvalue weighted by atomic mass is 10.3. The zero-order chi connectivity index (χ0) is 12.3. The summed E-state index contributed by atoms with van der Waals surface area (Å²) in [6, 6.07) is 1.96. The van der Waals surface area contributed by atoms with Gasteiger partial charge in [-0.25, -0.2) is 14.8 Å². The molecule has 1 atom stereocenters. The Morgan fingerprint density at radius 3 is 2.82 bits per heavy atom. The third-order valence-electron chi connectivity index (χ3n) is 2.57. The van der Waals surface area contributed by atoms with Crippen LogP contribution in [0.1, 0.15) is 12.0 Å². The van der Waals surface area contributed by atoms with Gasteiger partial charge in [-0.15, -0.1) is 0 Å². The van der Waals surface area contributed by atoms with Crippen LogP contribution in [-0.2, 0) is 0 Å². The first kappa shape index (κ1) is 11.1. The number of hydrogen-bond acceptors (Lipinski definition) is 5. The molecule has 1 fully saturated rings. The molecule has 7 nitrogen and oxygen atoms in total. The average molecular weight is 233 g/mol. The molecule has 0 aliphatic carbocycles. The van der Waals surface area contributed by atoms with Gasteiger partial charge in [-0.2, -0.15) is 5.26 Å². The largest absolute Gasteiger partial charge is 0.465 e. The van der Waals surface area contributed by atoms with Gasteiger partial charge in [0, 0.05) is 19.1 Å². The number of anilines is 1. The molecule has 1 aliphatic heterocycles. The predicted octanol–water partition coefficient (Wildman–Crippen LogP) is 0.512. The van der Waals surface area contributed by atoms with Crippen molar-refractivity contribution in [3.8, 4) is 6.07 Å². The van der Waals surface area contributed by atoms with E-state index in [2.05, 4.69) is 15.3 Å². The van der Waals surface area contributed by atoms with Crippen LogP contribution in [0, 0.1) is 11.3 Å². The molecule has 0 radical (unpaired) electrons. The zero-order valence-corrected chi connectivity index (χ0v) is 9.00. The van der Waals surface area contributed by atoms with Crippen molar-refractivity contribution in [2.24, 2.45) is 0 Å². The summed E-state index contributed by atoms with van der Waals surface area (Å²) < 4.78 is 0. The Labute approximate surface area is 97.7 Å². The van der Waals surface area contributed by atoms with E-state index in [9.17, 15) is 4.79 Å². The number of rotatable bonds is 2. The Morgan fingerprint density at radius 2 is 2.29 bits per heavy atom. The van der Waals surface area contributed by atoms with Crippen LogP contribution in [0.3, 0.4) is 0 Å². The first-order valence-corrected chi connectivity index (χ1v) is 5.15. The van der Waals surface area contributed by atoms with Crippen molar-refractivity contribution < 1.29 is 9.90 Å². The number of carboxylic acid groups (broad SMARTS) is 1. The fraction of sp³-hybridized carbons (Fsp3) is 0.400. The second-order valence-corrected chi connectivity index (χ2v) is 3.77. The van der Waals surface area contributed by atoms with Gasteiger partial charge in [0.2, 0.25) is 5.95 Å². The summed E-state index contributed by atoms with van der Waals surface area (Å²) in [6.45, 7) is 0.946.